The maximum atomic E-state index is 14.5. The summed E-state index contributed by atoms with van der Waals surface area (Å²) in [7, 11) is 0. The summed E-state index contributed by atoms with van der Waals surface area (Å²) < 4.78 is 25.4. The number of aryl methyl sites for hydroxylation is 1. The molecule has 2 atom stereocenters. The summed E-state index contributed by atoms with van der Waals surface area (Å²) in [6.07, 6.45) is 2.47. The fourth-order valence-corrected chi connectivity index (χ4v) is 3.65. The highest BCUT2D eigenvalue weighted by atomic mass is 35.5. The Labute approximate surface area is 163 Å². The summed E-state index contributed by atoms with van der Waals surface area (Å²) in [5.74, 6) is 0.294. The minimum atomic E-state index is -0.364. The van der Waals surface area contributed by atoms with Crippen molar-refractivity contribution in [1.82, 2.24) is 10.2 Å². The second-order valence-corrected chi connectivity index (χ2v) is 7.12. The van der Waals surface area contributed by atoms with Crippen LogP contribution in [0.3, 0.4) is 0 Å². The van der Waals surface area contributed by atoms with Crippen LogP contribution in [-0.2, 0) is 16.0 Å². The summed E-state index contributed by atoms with van der Waals surface area (Å²) in [4.78, 5) is 14.4. The molecule has 0 radical (unpaired) electrons. The number of hydrogen-bond donors (Lipinski definition) is 1. The first-order valence-electron chi connectivity index (χ1n) is 9.13. The third-order valence-electron chi connectivity index (χ3n) is 4.72. The van der Waals surface area contributed by atoms with Gasteiger partial charge in [-0.3, -0.25) is 9.69 Å². The lowest BCUT2D eigenvalue weighted by Gasteiger charge is -2.38. The molecular weight excluding hydrogens is 371 g/mol. The van der Waals surface area contributed by atoms with E-state index in [0.29, 0.717) is 43.1 Å². The fourth-order valence-electron chi connectivity index (χ4n) is 3.36. The van der Waals surface area contributed by atoms with Crippen LogP contribution in [0.25, 0.3) is 0 Å². The van der Waals surface area contributed by atoms with Crippen LogP contribution in [0.4, 0.5) is 4.39 Å². The van der Waals surface area contributed by atoms with Gasteiger partial charge in [0, 0.05) is 43.1 Å². The molecule has 1 aromatic heterocycles. The molecular formula is C20H24ClFN2O3. The molecule has 1 amide bonds. The molecule has 1 saturated heterocycles. The zero-order valence-corrected chi connectivity index (χ0v) is 16.0. The molecule has 5 nitrogen and oxygen atoms in total. The van der Waals surface area contributed by atoms with Crippen LogP contribution in [0, 0.1) is 5.82 Å². The van der Waals surface area contributed by atoms with E-state index < -0.39 is 0 Å². The zero-order valence-electron chi connectivity index (χ0n) is 15.3. The van der Waals surface area contributed by atoms with Gasteiger partial charge < -0.3 is 14.5 Å². The number of ether oxygens (including phenoxy) is 1. The van der Waals surface area contributed by atoms with Crippen LogP contribution in [0.1, 0.15) is 30.7 Å². The van der Waals surface area contributed by atoms with E-state index >= 15 is 0 Å². The second kappa shape index (κ2) is 9.35. The minimum Gasteiger partial charge on any atom is -0.469 e. The van der Waals surface area contributed by atoms with Gasteiger partial charge in [0.25, 0.3) is 0 Å². The first kappa shape index (κ1) is 19.9. The maximum absolute atomic E-state index is 14.5. The number of morpholine rings is 1. The van der Waals surface area contributed by atoms with Crippen LogP contribution in [0.5, 0.6) is 0 Å². The summed E-state index contributed by atoms with van der Waals surface area (Å²) in [6.45, 7) is 4.13. The molecule has 1 aliphatic heterocycles. The molecule has 2 aromatic rings. The second-order valence-electron chi connectivity index (χ2n) is 6.71. The van der Waals surface area contributed by atoms with Crippen LogP contribution in [0.15, 0.2) is 41.0 Å². The summed E-state index contributed by atoms with van der Waals surface area (Å²) in [6, 6.07) is 7.94. The van der Waals surface area contributed by atoms with E-state index in [-0.39, 0.29) is 30.4 Å². The Kier molecular flexibility index (Phi) is 6.88. The number of rotatable bonds is 7. The monoisotopic (exact) mass is 394 g/mol. The molecule has 7 heteroatoms. The van der Waals surface area contributed by atoms with E-state index in [9.17, 15) is 9.18 Å². The van der Waals surface area contributed by atoms with E-state index in [4.69, 9.17) is 20.8 Å². The van der Waals surface area contributed by atoms with Crippen molar-refractivity contribution in [2.45, 2.75) is 31.9 Å². The number of hydrogen-bond acceptors (Lipinski definition) is 4. The van der Waals surface area contributed by atoms with Crippen LogP contribution in [0.2, 0.25) is 5.02 Å². The highest BCUT2D eigenvalue weighted by Crippen LogP contribution is 2.31. The predicted molar refractivity (Wildman–Crippen MR) is 101 cm³/mol. The summed E-state index contributed by atoms with van der Waals surface area (Å²) in [5.41, 5.74) is 0.416. The molecule has 1 fully saturated rings. The van der Waals surface area contributed by atoms with Crippen LogP contribution < -0.4 is 5.32 Å². The molecule has 0 aliphatic carbocycles. The van der Waals surface area contributed by atoms with Gasteiger partial charge >= 0.3 is 0 Å². The standard InChI is InChI=1S/C20H24ClFN2O3/c1-14-13-24(9-11-26-14)18(20-16(21)5-2-6-17(20)22)12-23-19(25)8-7-15-4-3-10-27-15/h2-6,10,14,18H,7-9,11-13H2,1H3,(H,23,25). The largest absolute Gasteiger partial charge is 0.469 e. The molecule has 2 unspecified atom stereocenters. The molecule has 0 spiro atoms. The smallest absolute Gasteiger partial charge is 0.220 e. The van der Waals surface area contributed by atoms with Gasteiger partial charge in [0.1, 0.15) is 11.6 Å². The highest BCUT2D eigenvalue weighted by Gasteiger charge is 2.29. The van der Waals surface area contributed by atoms with Crippen LogP contribution >= 0.6 is 11.6 Å². The Morgan fingerprint density at radius 1 is 1.41 bits per heavy atom. The molecule has 3 rings (SSSR count). The van der Waals surface area contributed by atoms with Gasteiger partial charge in [-0.2, -0.15) is 0 Å². The highest BCUT2D eigenvalue weighted by molar-refractivity contribution is 6.31. The van der Waals surface area contributed by atoms with Crippen molar-refractivity contribution in [3.8, 4) is 0 Å². The first-order valence-corrected chi connectivity index (χ1v) is 9.51. The molecule has 0 saturated carbocycles. The van der Waals surface area contributed by atoms with Crippen molar-refractivity contribution < 1.29 is 18.3 Å². The Morgan fingerprint density at radius 2 is 2.26 bits per heavy atom. The lowest BCUT2D eigenvalue weighted by atomic mass is 10.0. The average Bonchev–Trinajstić information content (AvgIpc) is 3.16. The zero-order chi connectivity index (χ0) is 19.2. The van der Waals surface area contributed by atoms with E-state index in [2.05, 4.69) is 10.2 Å². The van der Waals surface area contributed by atoms with E-state index in [1.807, 2.05) is 13.0 Å². The Morgan fingerprint density at radius 3 is 2.96 bits per heavy atom. The summed E-state index contributed by atoms with van der Waals surface area (Å²) in [5, 5.41) is 3.29. The molecule has 1 aliphatic rings. The van der Waals surface area contributed by atoms with Crippen molar-refractivity contribution in [1.29, 1.82) is 0 Å². The maximum Gasteiger partial charge on any atom is 0.220 e. The van der Waals surface area contributed by atoms with Gasteiger partial charge in [0.15, 0.2) is 0 Å². The number of nitrogens with one attached hydrogen (secondary N) is 1. The Balaban J connectivity index is 1.69. The van der Waals surface area contributed by atoms with Crippen molar-refractivity contribution in [2.24, 2.45) is 0 Å². The topological polar surface area (TPSA) is 54.7 Å². The molecule has 2 heterocycles. The Hall–Kier alpha value is -1.89. The fraction of sp³-hybridized carbons (Fsp3) is 0.450. The normalized spacial score (nSPS) is 19.0. The molecule has 1 N–H and O–H groups in total. The number of carbonyl (C=O) groups excluding carboxylic acids is 1. The molecule has 0 bridgehead atoms. The number of amides is 1. The number of halogens is 2. The minimum absolute atomic E-state index is 0.0430. The van der Waals surface area contributed by atoms with Gasteiger partial charge in [-0.1, -0.05) is 17.7 Å². The van der Waals surface area contributed by atoms with E-state index in [1.54, 1.807) is 24.5 Å². The SMILES string of the molecule is CC1CN(C(CNC(=O)CCc2ccco2)c2c(F)cccc2Cl)CCO1. The molecule has 146 valence electrons. The van der Waals surface area contributed by atoms with E-state index in [0.717, 1.165) is 5.76 Å². The third-order valence-corrected chi connectivity index (χ3v) is 5.05. The van der Waals surface area contributed by atoms with Crippen molar-refractivity contribution >= 4 is 17.5 Å². The van der Waals surface area contributed by atoms with Gasteiger partial charge in [0.2, 0.25) is 5.91 Å². The predicted octanol–water partition coefficient (Wildman–Crippen LogP) is 3.58. The first-order chi connectivity index (χ1) is 13.0. The van der Waals surface area contributed by atoms with Gasteiger partial charge in [0.05, 0.1) is 25.0 Å². The lowest BCUT2D eigenvalue weighted by molar-refractivity contribution is -0.121. The quantitative estimate of drug-likeness (QED) is 0.779. The van der Waals surface area contributed by atoms with Gasteiger partial charge in [-0.05, 0) is 31.2 Å². The summed E-state index contributed by atoms with van der Waals surface area (Å²) >= 11 is 6.30. The van der Waals surface area contributed by atoms with E-state index in [1.165, 1.54) is 6.07 Å². The van der Waals surface area contributed by atoms with Crippen molar-refractivity contribution in [2.75, 3.05) is 26.2 Å². The van der Waals surface area contributed by atoms with Gasteiger partial charge in [-0.15, -0.1) is 0 Å². The van der Waals surface area contributed by atoms with Crippen molar-refractivity contribution in [3.05, 3.63) is 58.8 Å². The molecule has 1 aromatic carbocycles. The number of nitrogens with zero attached hydrogens (tertiary/aromatic N) is 1. The number of benzene rings is 1. The number of carbonyl (C=O) groups is 1. The van der Waals surface area contributed by atoms with Crippen LogP contribution in [-0.4, -0.2) is 43.2 Å². The van der Waals surface area contributed by atoms with Gasteiger partial charge in [-0.25, -0.2) is 4.39 Å². The molecule has 27 heavy (non-hydrogen) atoms. The van der Waals surface area contributed by atoms with Crippen molar-refractivity contribution in [3.63, 3.8) is 0 Å². The third kappa shape index (κ3) is 5.31. The number of furan rings is 1. The Bertz CT molecular complexity index is 733. The average molecular weight is 395 g/mol. The lowest BCUT2D eigenvalue weighted by Crippen LogP contribution is -2.47.